The Morgan fingerprint density at radius 1 is 1.17 bits per heavy atom. The van der Waals surface area contributed by atoms with Gasteiger partial charge in [0.15, 0.2) is 0 Å². The fraction of sp³-hybridized carbons (Fsp3) is 0.800. The maximum Gasteiger partial charge on any atom is 0.143 e. The minimum atomic E-state index is -0.904. The Labute approximate surface area is 152 Å². The van der Waals surface area contributed by atoms with Crippen LogP contribution in [0.25, 0.3) is 0 Å². The van der Waals surface area contributed by atoms with Gasteiger partial charge in [-0.15, -0.1) is 12.6 Å². The summed E-state index contributed by atoms with van der Waals surface area (Å²) < 4.78 is 0. The highest BCUT2D eigenvalue weighted by Crippen LogP contribution is 2.32. The number of thiol groups is 1. The predicted octanol–water partition coefficient (Wildman–Crippen LogP) is 4.73. The minimum Gasteiger partial charge on any atom is -0.392 e. The lowest BCUT2D eigenvalue weighted by atomic mass is 9.73. The molecule has 3 nitrogen and oxygen atoms in total. The molecule has 0 amide bonds. The van der Waals surface area contributed by atoms with Crippen molar-refractivity contribution in [2.45, 2.75) is 85.2 Å². The van der Waals surface area contributed by atoms with Crippen molar-refractivity contribution in [3.8, 4) is 0 Å². The number of carbonyl (C=O) groups excluding carboxylic acids is 2. The highest BCUT2D eigenvalue weighted by atomic mass is 32.1. The van der Waals surface area contributed by atoms with Crippen LogP contribution in [-0.2, 0) is 9.59 Å². The van der Waals surface area contributed by atoms with Crippen LogP contribution in [0.15, 0.2) is 11.0 Å². The van der Waals surface area contributed by atoms with Gasteiger partial charge in [-0.25, -0.2) is 0 Å². The summed E-state index contributed by atoms with van der Waals surface area (Å²) in [7, 11) is 0. The zero-order valence-corrected chi connectivity index (χ0v) is 16.6. The molecule has 0 saturated carbocycles. The third-order valence-corrected chi connectivity index (χ3v) is 5.67. The average Bonchev–Trinajstić information content (AvgIpc) is 2.49. The van der Waals surface area contributed by atoms with Crippen LogP contribution in [0.3, 0.4) is 0 Å². The lowest BCUT2D eigenvalue weighted by Gasteiger charge is -2.32. The molecule has 3 unspecified atom stereocenters. The van der Waals surface area contributed by atoms with Crippen molar-refractivity contribution in [2.24, 2.45) is 17.3 Å². The summed E-state index contributed by atoms with van der Waals surface area (Å²) in [6.07, 6.45) is 7.29. The monoisotopic (exact) mass is 354 g/mol. The normalized spacial score (nSPS) is 33.8. The molecule has 0 aromatic heterocycles. The first-order valence-corrected chi connectivity index (χ1v) is 9.71. The highest BCUT2D eigenvalue weighted by molar-refractivity contribution is 7.84. The second-order valence-electron chi connectivity index (χ2n) is 8.07. The van der Waals surface area contributed by atoms with Gasteiger partial charge in [0.2, 0.25) is 0 Å². The molecule has 1 rings (SSSR count). The molecule has 0 spiro atoms. The first kappa shape index (κ1) is 21.4. The van der Waals surface area contributed by atoms with E-state index in [9.17, 15) is 14.7 Å². The maximum absolute atomic E-state index is 12.8. The summed E-state index contributed by atoms with van der Waals surface area (Å²) in [6.45, 7) is 7.67. The summed E-state index contributed by atoms with van der Waals surface area (Å²) in [5.74, 6) is 0.466. The third kappa shape index (κ3) is 6.72. The number of rotatable bonds is 0. The number of allylic oxidation sites excluding steroid dienone is 2. The Morgan fingerprint density at radius 3 is 2.50 bits per heavy atom. The Balaban J connectivity index is 2.86. The number of Topliss-reactive ketones (excluding diaryl/α,β-unsaturated/α-hetero) is 2. The minimum absolute atomic E-state index is 0.0330. The Morgan fingerprint density at radius 2 is 1.83 bits per heavy atom. The summed E-state index contributed by atoms with van der Waals surface area (Å²) in [4.78, 5) is 26.0. The fourth-order valence-electron chi connectivity index (χ4n) is 3.50. The fourth-order valence-corrected chi connectivity index (χ4v) is 3.79. The molecule has 0 bridgehead atoms. The second-order valence-corrected chi connectivity index (χ2v) is 8.64. The van der Waals surface area contributed by atoms with E-state index in [1.807, 2.05) is 6.92 Å². The van der Waals surface area contributed by atoms with Crippen LogP contribution in [0.1, 0.15) is 79.1 Å². The van der Waals surface area contributed by atoms with Crippen LogP contribution >= 0.6 is 12.6 Å². The van der Waals surface area contributed by atoms with Gasteiger partial charge in [-0.05, 0) is 42.9 Å². The number of aliphatic hydroxyl groups is 1. The molecule has 24 heavy (non-hydrogen) atoms. The van der Waals surface area contributed by atoms with Crippen LogP contribution in [0.5, 0.6) is 0 Å². The molecular formula is C20H34O3S. The van der Waals surface area contributed by atoms with Gasteiger partial charge < -0.3 is 5.11 Å². The molecule has 1 N–H and O–H groups in total. The smallest absolute Gasteiger partial charge is 0.143 e. The molecule has 4 heteroatoms. The molecule has 3 atom stereocenters. The standard InChI is InChI=1S/C20H34O3S/c1-14-8-7-11-17(24)10-6-5-9-16(21)13-18(22)20(3,4)19(23)15(2)12-14/h10,14-15,18,22,24H,5-9,11-13H2,1-4H3/b17-10+. The van der Waals surface area contributed by atoms with Crippen molar-refractivity contribution in [1.29, 1.82) is 0 Å². The SMILES string of the molecule is CC1CCC/C(S)=C\CCCC(=O)CC(O)C(C)(C)C(=O)C(C)C1. The zero-order valence-electron chi connectivity index (χ0n) is 15.7. The number of hydrogen-bond donors (Lipinski definition) is 2. The van der Waals surface area contributed by atoms with Gasteiger partial charge >= 0.3 is 0 Å². The van der Waals surface area contributed by atoms with Crippen molar-refractivity contribution < 1.29 is 14.7 Å². The van der Waals surface area contributed by atoms with Crippen LogP contribution in [-0.4, -0.2) is 22.8 Å². The third-order valence-electron chi connectivity index (χ3n) is 5.26. The summed E-state index contributed by atoms with van der Waals surface area (Å²) in [5.41, 5.74) is -0.871. The maximum atomic E-state index is 12.8. The van der Waals surface area contributed by atoms with Gasteiger partial charge in [-0.1, -0.05) is 40.2 Å². The summed E-state index contributed by atoms with van der Waals surface area (Å²) >= 11 is 4.51. The van der Waals surface area contributed by atoms with E-state index in [4.69, 9.17) is 0 Å². The average molecular weight is 355 g/mol. The molecule has 0 aliphatic heterocycles. The van der Waals surface area contributed by atoms with Gasteiger partial charge in [-0.3, -0.25) is 9.59 Å². The number of aliphatic hydroxyl groups excluding tert-OH is 1. The number of hydrogen-bond acceptors (Lipinski definition) is 4. The quantitative estimate of drug-likeness (QED) is 0.618. The lowest BCUT2D eigenvalue weighted by Crippen LogP contribution is -2.41. The summed E-state index contributed by atoms with van der Waals surface area (Å²) in [6, 6.07) is 0. The van der Waals surface area contributed by atoms with E-state index < -0.39 is 11.5 Å². The van der Waals surface area contributed by atoms with Crippen LogP contribution in [0.2, 0.25) is 0 Å². The predicted molar refractivity (Wildman–Crippen MR) is 102 cm³/mol. The largest absolute Gasteiger partial charge is 0.392 e. The van der Waals surface area contributed by atoms with Gasteiger partial charge in [0.1, 0.15) is 11.6 Å². The van der Waals surface area contributed by atoms with Crippen molar-refractivity contribution in [3.63, 3.8) is 0 Å². The zero-order chi connectivity index (χ0) is 18.3. The van der Waals surface area contributed by atoms with Crippen LogP contribution in [0, 0.1) is 17.3 Å². The molecule has 0 aromatic carbocycles. The van der Waals surface area contributed by atoms with E-state index in [0.29, 0.717) is 12.3 Å². The highest BCUT2D eigenvalue weighted by Gasteiger charge is 2.39. The Hall–Kier alpha value is -0.610. The molecule has 138 valence electrons. The lowest BCUT2D eigenvalue weighted by molar-refractivity contribution is -0.139. The van der Waals surface area contributed by atoms with Gasteiger partial charge in [0.05, 0.1) is 6.10 Å². The van der Waals surface area contributed by atoms with Crippen molar-refractivity contribution >= 4 is 24.2 Å². The van der Waals surface area contributed by atoms with E-state index >= 15 is 0 Å². The van der Waals surface area contributed by atoms with Crippen LogP contribution in [0.4, 0.5) is 0 Å². The van der Waals surface area contributed by atoms with E-state index in [2.05, 4.69) is 25.6 Å². The van der Waals surface area contributed by atoms with E-state index in [0.717, 1.165) is 43.4 Å². The van der Waals surface area contributed by atoms with E-state index in [1.165, 1.54) is 0 Å². The van der Waals surface area contributed by atoms with Gasteiger partial charge in [-0.2, -0.15) is 0 Å². The Kier molecular flexibility index (Phi) is 8.72. The van der Waals surface area contributed by atoms with Crippen molar-refractivity contribution in [2.75, 3.05) is 0 Å². The molecule has 0 saturated heterocycles. The number of carbonyl (C=O) groups is 2. The molecule has 0 heterocycles. The van der Waals surface area contributed by atoms with Crippen molar-refractivity contribution in [1.82, 2.24) is 0 Å². The molecule has 1 aliphatic carbocycles. The van der Waals surface area contributed by atoms with Gasteiger partial charge in [0.25, 0.3) is 0 Å². The Bertz CT molecular complexity index is 468. The molecule has 0 fully saturated rings. The van der Waals surface area contributed by atoms with Crippen molar-refractivity contribution in [3.05, 3.63) is 11.0 Å². The summed E-state index contributed by atoms with van der Waals surface area (Å²) in [5, 5.41) is 10.4. The van der Waals surface area contributed by atoms with Gasteiger partial charge in [0, 0.05) is 24.2 Å². The molecular weight excluding hydrogens is 320 g/mol. The second kappa shape index (κ2) is 9.76. The number of ketones is 2. The first-order chi connectivity index (χ1) is 11.1. The van der Waals surface area contributed by atoms with E-state index in [1.54, 1.807) is 13.8 Å². The molecule has 1 aliphatic rings. The van der Waals surface area contributed by atoms with Crippen LogP contribution < -0.4 is 0 Å². The first-order valence-electron chi connectivity index (χ1n) is 9.26. The molecule has 0 radical (unpaired) electrons. The molecule has 0 aromatic rings. The van der Waals surface area contributed by atoms with E-state index in [-0.39, 0.29) is 23.9 Å². The topological polar surface area (TPSA) is 54.4 Å².